The summed E-state index contributed by atoms with van der Waals surface area (Å²) in [5.41, 5.74) is 3.24. The number of nitrogens with one attached hydrogen (secondary N) is 1. The van der Waals surface area contributed by atoms with E-state index in [0.29, 0.717) is 6.42 Å². The van der Waals surface area contributed by atoms with E-state index < -0.39 is 0 Å². The van der Waals surface area contributed by atoms with Crippen LogP contribution >= 0.6 is 0 Å². The number of aromatic nitrogens is 3. The molecule has 0 saturated heterocycles. The molecule has 6 heteroatoms. The van der Waals surface area contributed by atoms with E-state index >= 15 is 0 Å². The first-order chi connectivity index (χ1) is 11.6. The van der Waals surface area contributed by atoms with Crippen molar-refractivity contribution in [1.82, 2.24) is 20.3 Å². The monoisotopic (exact) mass is 325 g/mol. The lowest BCUT2D eigenvalue weighted by atomic mass is 9.92. The van der Waals surface area contributed by atoms with Crippen LogP contribution in [0.4, 0.5) is 5.95 Å². The summed E-state index contributed by atoms with van der Waals surface area (Å²) in [6.45, 7) is 0. The standard InChI is InChI=1S/C18H23N5O/c1-23(2)18-20-12-14-15(4-3-5-16(14)22-18)21-17(24)7-6-13-8-10-19-11-9-13/h8-12,15H,3-7H2,1-2H3,(H,21,24)/t15-/m1/s1. The van der Waals surface area contributed by atoms with Gasteiger partial charge in [0.15, 0.2) is 0 Å². The molecular formula is C18H23N5O. The highest BCUT2D eigenvalue weighted by atomic mass is 16.1. The summed E-state index contributed by atoms with van der Waals surface area (Å²) >= 11 is 0. The Bertz CT molecular complexity index is 702. The lowest BCUT2D eigenvalue weighted by molar-refractivity contribution is -0.121. The Morgan fingerprint density at radius 3 is 2.88 bits per heavy atom. The van der Waals surface area contributed by atoms with Gasteiger partial charge in [-0.25, -0.2) is 9.97 Å². The Kier molecular flexibility index (Phi) is 5.03. The van der Waals surface area contributed by atoms with Gasteiger partial charge in [0.05, 0.1) is 11.7 Å². The molecule has 0 spiro atoms. The zero-order valence-corrected chi connectivity index (χ0v) is 14.2. The number of carbonyl (C=O) groups excluding carboxylic acids is 1. The lowest BCUT2D eigenvalue weighted by Crippen LogP contribution is -2.32. The molecule has 2 aromatic heterocycles. The molecule has 1 amide bonds. The molecule has 0 saturated carbocycles. The van der Waals surface area contributed by atoms with E-state index in [2.05, 4.69) is 20.3 Å². The molecule has 2 heterocycles. The number of fused-ring (bicyclic) bond motifs is 1. The first kappa shape index (κ1) is 16.4. The van der Waals surface area contributed by atoms with Gasteiger partial charge in [0.1, 0.15) is 0 Å². The average molecular weight is 325 g/mol. The zero-order valence-electron chi connectivity index (χ0n) is 14.2. The van der Waals surface area contributed by atoms with Gasteiger partial charge in [0.25, 0.3) is 0 Å². The van der Waals surface area contributed by atoms with Crippen LogP contribution in [0.25, 0.3) is 0 Å². The van der Waals surface area contributed by atoms with Crippen LogP contribution in [-0.2, 0) is 17.6 Å². The van der Waals surface area contributed by atoms with Gasteiger partial charge in [-0.2, -0.15) is 0 Å². The van der Waals surface area contributed by atoms with Crippen LogP contribution in [-0.4, -0.2) is 35.0 Å². The number of nitrogens with zero attached hydrogens (tertiary/aromatic N) is 4. The van der Waals surface area contributed by atoms with Crippen molar-refractivity contribution >= 4 is 11.9 Å². The summed E-state index contributed by atoms with van der Waals surface area (Å²) in [6.07, 6.45) is 9.50. The van der Waals surface area contributed by atoms with Crippen LogP contribution in [0, 0.1) is 0 Å². The van der Waals surface area contributed by atoms with E-state index in [1.807, 2.05) is 37.3 Å². The van der Waals surface area contributed by atoms with Gasteiger partial charge in [-0.1, -0.05) is 0 Å². The second-order valence-electron chi connectivity index (χ2n) is 6.33. The number of rotatable bonds is 5. The lowest BCUT2D eigenvalue weighted by Gasteiger charge is -2.26. The smallest absolute Gasteiger partial charge is 0.225 e. The van der Waals surface area contributed by atoms with E-state index in [-0.39, 0.29) is 11.9 Å². The molecule has 0 bridgehead atoms. The first-order valence-electron chi connectivity index (χ1n) is 8.35. The quantitative estimate of drug-likeness (QED) is 0.911. The number of pyridine rings is 1. The van der Waals surface area contributed by atoms with Gasteiger partial charge in [-0.3, -0.25) is 9.78 Å². The predicted octanol–water partition coefficient (Wildman–Crippen LogP) is 2.06. The maximum atomic E-state index is 12.3. The summed E-state index contributed by atoms with van der Waals surface area (Å²) in [5.74, 6) is 0.791. The molecule has 3 rings (SSSR count). The highest BCUT2D eigenvalue weighted by Crippen LogP contribution is 2.29. The van der Waals surface area contributed by atoms with Crippen molar-refractivity contribution in [3.63, 3.8) is 0 Å². The molecule has 126 valence electrons. The van der Waals surface area contributed by atoms with Gasteiger partial charge >= 0.3 is 0 Å². The van der Waals surface area contributed by atoms with Crippen LogP contribution in [0.5, 0.6) is 0 Å². The Labute approximate surface area is 142 Å². The Morgan fingerprint density at radius 1 is 1.33 bits per heavy atom. The SMILES string of the molecule is CN(C)c1ncc2c(n1)CCC[C@H]2NC(=O)CCc1ccncc1. The van der Waals surface area contributed by atoms with Crippen LogP contribution in [0.15, 0.2) is 30.7 Å². The molecule has 1 N–H and O–H groups in total. The molecule has 24 heavy (non-hydrogen) atoms. The third-order valence-corrected chi connectivity index (χ3v) is 4.29. The largest absolute Gasteiger partial charge is 0.349 e. The molecule has 0 aliphatic heterocycles. The van der Waals surface area contributed by atoms with Gasteiger partial charge in [0, 0.05) is 44.7 Å². The van der Waals surface area contributed by atoms with Crippen molar-refractivity contribution in [3.8, 4) is 0 Å². The molecule has 2 aromatic rings. The third-order valence-electron chi connectivity index (χ3n) is 4.29. The molecule has 0 radical (unpaired) electrons. The Morgan fingerprint density at radius 2 is 2.12 bits per heavy atom. The molecule has 0 aromatic carbocycles. The van der Waals surface area contributed by atoms with Crippen molar-refractivity contribution in [2.45, 2.75) is 38.1 Å². The number of carbonyl (C=O) groups is 1. The van der Waals surface area contributed by atoms with E-state index in [1.54, 1.807) is 12.4 Å². The molecule has 1 aliphatic rings. The Hall–Kier alpha value is -2.50. The van der Waals surface area contributed by atoms with Gasteiger partial charge in [-0.15, -0.1) is 0 Å². The number of anilines is 1. The van der Waals surface area contributed by atoms with Crippen molar-refractivity contribution in [2.75, 3.05) is 19.0 Å². The second-order valence-corrected chi connectivity index (χ2v) is 6.33. The second kappa shape index (κ2) is 7.38. The Balaban J connectivity index is 1.63. The van der Waals surface area contributed by atoms with Crippen LogP contribution in [0.2, 0.25) is 0 Å². The minimum atomic E-state index is 0.0231. The first-order valence-corrected chi connectivity index (χ1v) is 8.35. The minimum absolute atomic E-state index is 0.0231. The molecule has 1 aliphatic carbocycles. The molecular weight excluding hydrogens is 302 g/mol. The van der Waals surface area contributed by atoms with Gasteiger partial charge < -0.3 is 10.2 Å². The predicted molar refractivity (Wildman–Crippen MR) is 92.7 cm³/mol. The number of amides is 1. The summed E-state index contributed by atoms with van der Waals surface area (Å²) < 4.78 is 0. The highest BCUT2D eigenvalue weighted by molar-refractivity contribution is 5.76. The number of aryl methyl sites for hydroxylation is 2. The maximum Gasteiger partial charge on any atom is 0.225 e. The summed E-state index contributed by atoms with van der Waals surface area (Å²) in [6, 6.07) is 3.91. The van der Waals surface area contributed by atoms with Crippen molar-refractivity contribution in [3.05, 3.63) is 47.5 Å². The van der Waals surface area contributed by atoms with Crippen molar-refractivity contribution in [2.24, 2.45) is 0 Å². The van der Waals surface area contributed by atoms with Crippen LogP contribution in [0.1, 0.15) is 42.1 Å². The molecule has 0 unspecified atom stereocenters. The van der Waals surface area contributed by atoms with Gasteiger partial charge in [0.2, 0.25) is 11.9 Å². The summed E-state index contributed by atoms with van der Waals surface area (Å²) in [4.78, 5) is 27.2. The fraction of sp³-hybridized carbons (Fsp3) is 0.444. The summed E-state index contributed by atoms with van der Waals surface area (Å²) in [7, 11) is 3.87. The third kappa shape index (κ3) is 3.88. The number of hydrogen-bond donors (Lipinski definition) is 1. The van der Waals surface area contributed by atoms with Gasteiger partial charge in [-0.05, 0) is 43.4 Å². The van der Waals surface area contributed by atoms with E-state index in [9.17, 15) is 4.79 Å². The van der Waals surface area contributed by atoms with Crippen molar-refractivity contribution < 1.29 is 4.79 Å². The molecule has 1 atom stereocenters. The van der Waals surface area contributed by atoms with E-state index in [0.717, 1.165) is 48.5 Å². The van der Waals surface area contributed by atoms with Crippen molar-refractivity contribution in [1.29, 1.82) is 0 Å². The van der Waals surface area contributed by atoms with Crippen LogP contribution < -0.4 is 10.2 Å². The number of hydrogen-bond acceptors (Lipinski definition) is 5. The molecule has 6 nitrogen and oxygen atoms in total. The normalized spacial score (nSPS) is 16.3. The van der Waals surface area contributed by atoms with E-state index in [1.165, 1.54) is 0 Å². The average Bonchev–Trinajstić information content (AvgIpc) is 2.60. The van der Waals surface area contributed by atoms with E-state index in [4.69, 9.17) is 0 Å². The highest BCUT2D eigenvalue weighted by Gasteiger charge is 2.23. The fourth-order valence-electron chi connectivity index (χ4n) is 2.98. The van der Waals surface area contributed by atoms with Crippen LogP contribution in [0.3, 0.4) is 0 Å². The molecule has 0 fully saturated rings. The topological polar surface area (TPSA) is 71.0 Å². The summed E-state index contributed by atoms with van der Waals surface area (Å²) in [5, 5.41) is 3.15. The fourth-order valence-corrected chi connectivity index (χ4v) is 2.98. The maximum absolute atomic E-state index is 12.3. The minimum Gasteiger partial charge on any atom is -0.349 e. The zero-order chi connectivity index (χ0) is 16.9.